The van der Waals surface area contributed by atoms with Crippen molar-refractivity contribution in [3.8, 4) is 0 Å². The first-order chi connectivity index (χ1) is 19.7. The number of halogens is 1. The van der Waals surface area contributed by atoms with Crippen molar-refractivity contribution in [3.63, 3.8) is 0 Å². The van der Waals surface area contributed by atoms with Gasteiger partial charge in [-0.1, -0.05) is 94.3 Å². The first-order valence-electron chi connectivity index (χ1n) is 13.1. The van der Waals surface area contributed by atoms with Crippen molar-refractivity contribution in [2.45, 2.75) is 30.8 Å². The number of benzene rings is 4. The van der Waals surface area contributed by atoms with Gasteiger partial charge in [-0.25, -0.2) is 8.42 Å². The highest BCUT2D eigenvalue weighted by molar-refractivity contribution is 9.10. The predicted octanol–water partition coefficient (Wildman–Crippen LogP) is 5.34. The zero-order valence-electron chi connectivity index (χ0n) is 22.9. The molecule has 0 saturated carbocycles. The number of nitrogens with one attached hydrogen (secondary N) is 1. The Morgan fingerprint density at radius 3 is 1.98 bits per heavy atom. The number of rotatable bonds is 11. The van der Waals surface area contributed by atoms with Crippen LogP contribution in [0.2, 0.25) is 0 Å². The summed E-state index contributed by atoms with van der Waals surface area (Å²) in [5, 5.41) is 2.69. The zero-order chi connectivity index (χ0) is 29.4. The monoisotopic (exact) mass is 633 g/mol. The molecule has 2 amide bonds. The van der Waals surface area contributed by atoms with E-state index in [0.717, 1.165) is 25.5 Å². The first-order valence-corrected chi connectivity index (χ1v) is 15.4. The molecule has 41 heavy (non-hydrogen) atoms. The summed E-state index contributed by atoms with van der Waals surface area (Å²) >= 11 is 3.44. The smallest absolute Gasteiger partial charge is 0.264 e. The van der Waals surface area contributed by atoms with Crippen LogP contribution in [0, 0.1) is 6.92 Å². The van der Waals surface area contributed by atoms with Crippen molar-refractivity contribution in [2.75, 3.05) is 17.9 Å². The fourth-order valence-electron chi connectivity index (χ4n) is 4.47. The summed E-state index contributed by atoms with van der Waals surface area (Å²) in [7, 11) is -2.58. The molecule has 0 heterocycles. The standard InChI is InChI=1S/C32H32BrN3O4S/c1-24-13-19-28(20-14-24)36(41(39,40)29-11-7-4-8-12-29)23-31(37)35(22-26-15-17-27(33)18-16-26)30(32(38)34-2)21-25-9-5-3-6-10-25/h3-20,30H,21-23H2,1-2H3,(H,34,38)/t30-/m1/s1. The average Bonchev–Trinajstić information content (AvgIpc) is 2.99. The normalized spacial score (nSPS) is 11.9. The van der Waals surface area contributed by atoms with E-state index < -0.39 is 28.5 Å². The average molecular weight is 635 g/mol. The lowest BCUT2D eigenvalue weighted by molar-refractivity contribution is -0.139. The van der Waals surface area contributed by atoms with E-state index in [1.165, 1.54) is 24.1 Å². The molecule has 1 N–H and O–H groups in total. The van der Waals surface area contributed by atoms with Gasteiger partial charge >= 0.3 is 0 Å². The van der Waals surface area contributed by atoms with Gasteiger partial charge in [0, 0.05) is 24.5 Å². The third kappa shape index (κ3) is 7.62. The quantitative estimate of drug-likeness (QED) is 0.242. The molecule has 0 aliphatic rings. The number of amides is 2. The van der Waals surface area contributed by atoms with E-state index >= 15 is 0 Å². The molecule has 0 aliphatic carbocycles. The van der Waals surface area contributed by atoms with Crippen LogP contribution in [0.25, 0.3) is 0 Å². The van der Waals surface area contributed by atoms with E-state index in [1.807, 2.05) is 61.5 Å². The molecule has 0 unspecified atom stereocenters. The molecule has 0 spiro atoms. The number of sulfonamides is 1. The van der Waals surface area contributed by atoms with Gasteiger partial charge in [0.2, 0.25) is 11.8 Å². The summed E-state index contributed by atoms with van der Waals surface area (Å²) in [6.07, 6.45) is 0.263. The summed E-state index contributed by atoms with van der Waals surface area (Å²) in [6.45, 7) is 1.53. The molecule has 0 fully saturated rings. The Balaban J connectivity index is 1.77. The van der Waals surface area contributed by atoms with E-state index in [4.69, 9.17) is 0 Å². The Bertz CT molecular complexity index is 1560. The summed E-state index contributed by atoms with van der Waals surface area (Å²) < 4.78 is 29.8. The fourth-order valence-corrected chi connectivity index (χ4v) is 6.17. The zero-order valence-corrected chi connectivity index (χ0v) is 25.3. The van der Waals surface area contributed by atoms with Crippen molar-refractivity contribution >= 4 is 43.5 Å². The molecule has 1 atom stereocenters. The van der Waals surface area contributed by atoms with E-state index in [2.05, 4.69) is 21.2 Å². The van der Waals surface area contributed by atoms with Crippen molar-refractivity contribution in [3.05, 3.63) is 130 Å². The number of anilines is 1. The number of carbonyl (C=O) groups excluding carboxylic acids is 2. The van der Waals surface area contributed by atoms with Crippen LogP contribution in [0.15, 0.2) is 119 Å². The van der Waals surface area contributed by atoms with Crippen molar-refractivity contribution < 1.29 is 18.0 Å². The van der Waals surface area contributed by atoms with Crippen molar-refractivity contribution in [2.24, 2.45) is 0 Å². The largest absolute Gasteiger partial charge is 0.357 e. The molecule has 0 aromatic heterocycles. The molecular weight excluding hydrogens is 602 g/mol. The van der Waals surface area contributed by atoms with Gasteiger partial charge in [-0.3, -0.25) is 13.9 Å². The van der Waals surface area contributed by atoms with Crippen molar-refractivity contribution in [1.82, 2.24) is 10.2 Å². The Morgan fingerprint density at radius 2 is 1.39 bits per heavy atom. The minimum atomic E-state index is -4.11. The van der Waals surface area contributed by atoms with Crippen LogP contribution in [0.1, 0.15) is 16.7 Å². The Morgan fingerprint density at radius 1 is 0.805 bits per heavy atom. The van der Waals surface area contributed by atoms with E-state index in [9.17, 15) is 18.0 Å². The SMILES string of the molecule is CNC(=O)[C@@H](Cc1ccccc1)N(Cc1ccc(Br)cc1)C(=O)CN(c1ccc(C)cc1)S(=O)(=O)c1ccccc1. The van der Waals surface area contributed by atoms with Crippen LogP contribution in [0.5, 0.6) is 0 Å². The Labute approximate surface area is 250 Å². The lowest BCUT2D eigenvalue weighted by atomic mass is 10.0. The second-order valence-corrected chi connectivity index (χ2v) is 12.4. The van der Waals surface area contributed by atoms with Crippen LogP contribution in [0.4, 0.5) is 5.69 Å². The molecule has 7 nitrogen and oxygen atoms in total. The van der Waals surface area contributed by atoms with Gasteiger partial charge in [-0.05, 0) is 54.4 Å². The van der Waals surface area contributed by atoms with Gasteiger partial charge in [0.25, 0.3) is 10.0 Å². The first kappa shape index (κ1) is 30.0. The van der Waals surface area contributed by atoms with Gasteiger partial charge < -0.3 is 10.2 Å². The van der Waals surface area contributed by atoms with Gasteiger partial charge in [0.15, 0.2) is 0 Å². The summed E-state index contributed by atoms with van der Waals surface area (Å²) in [5.74, 6) is -0.843. The molecule has 212 valence electrons. The molecule has 4 aromatic rings. The van der Waals surface area contributed by atoms with Gasteiger partial charge in [-0.2, -0.15) is 0 Å². The molecule has 0 saturated heterocycles. The second kappa shape index (κ2) is 13.6. The number of likely N-dealkylation sites (N-methyl/N-ethyl adjacent to an activating group) is 1. The second-order valence-electron chi connectivity index (χ2n) is 9.63. The topological polar surface area (TPSA) is 86.8 Å². The maximum Gasteiger partial charge on any atom is 0.264 e. The van der Waals surface area contributed by atoms with Crippen LogP contribution >= 0.6 is 15.9 Å². The minimum Gasteiger partial charge on any atom is -0.357 e. The molecule has 4 aromatic carbocycles. The van der Waals surface area contributed by atoms with Gasteiger partial charge in [0.1, 0.15) is 12.6 Å². The number of hydrogen-bond donors (Lipinski definition) is 1. The minimum absolute atomic E-state index is 0.0694. The van der Waals surface area contributed by atoms with Crippen LogP contribution in [-0.4, -0.2) is 44.8 Å². The lowest BCUT2D eigenvalue weighted by Crippen LogP contribution is -2.53. The molecule has 0 aliphatic heterocycles. The maximum absolute atomic E-state index is 14.2. The Kier molecular flexibility index (Phi) is 9.96. The summed E-state index contributed by atoms with van der Waals surface area (Å²) in [4.78, 5) is 29.0. The van der Waals surface area contributed by atoms with Crippen LogP contribution in [0.3, 0.4) is 0 Å². The third-order valence-corrected chi connectivity index (χ3v) is 9.03. The van der Waals surface area contributed by atoms with Crippen LogP contribution in [-0.2, 0) is 32.6 Å². The highest BCUT2D eigenvalue weighted by atomic mass is 79.9. The maximum atomic E-state index is 14.2. The number of nitrogens with zero attached hydrogens (tertiary/aromatic N) is 2. The van der Waals surface area contributed by atoms with Crippen LogP contribution < -0.4 is 9.62 Å². The summed E-state index contributed by atoms with van der Waals surface area (Å²) in [5.41, 5.74) is 2.99. The number of carbonyl (C=O) groups is 2. The van der Waals surface area contributed by atoms with E-state index in [1.54, 1.807) is 42.5 Å². The third-order valence-electron chi connectivity index (χ3n) is 6.72. The number of aryl methyl sites for hydroxylation is 1. The number of hydrogen-bond acceptors (Lipinski definition) is 4. The molecule has 9 heteroatoms. The van der Waals surface area contributed by atoms with Gasteiger partial charge in [-0.15, -0.1) is 0 Å². The molecule has 0 bridgehead atoms. The molecular formula is C32H32BrN3O4S. The molecule has 4 rings (SSSR count). The van der Waals surface area contributed by atoms with E-state index in [0.29, 0.717) is 5.69 Å². The summed E-state index contributed by atoms with van der Waals surface area (Å²) in [6, 6.07) is 31.0. The molecule has 0 radical (unpaired) electrons. The highest BCUT2D eigenvalue weighted by Crippen LogP contribution is 2.25. The van der Waals surface area contributed by atoms with Crippen molar-refractivity contribution in [1.29, 1.82) is 0 Å². The van der Waals surface area contributed by atoms with E-state index in [-0.39, 0.29) is 23.8 Å². The fraction of sp³-hybridized carbons (Fsp3) is 0.188. The highest BCUT2D eigenvalue weighted by Gasteiger charge is 2.34. The van der Waals surface area contributed by atoms with Gasteiger partial charge in [0.05, 0.1) is 10.6 Å². The Hall–Kier alpha value is -3.95. The predicted molar refractivity (Wildman–Crippen MR) is 165 cm³/mol. The lowest BCUT2D eigenvalue weighted by Gasteiger charge is -2.33.